The van der Waals surface area contributed by atoms with Gasteiger partial charge in [-0.25, -0.2) is 0 Å². The van der Waals surface area contributed by atoms with Crippen LogP contribution in [-0.2, 0) is 0 Å². The molecule has 1 nitrogen and oxygen atoms in total. The molecule has 12 rings (SSSR count). The molecule has 0 fully saturated rings. The van der Waals surface area contributed by atoms with E-state index in [1.54, 1.807) is 0 Å². The number of thiophene rings is 2. The zero-order valence-corrected chi connectivity index (χ0v) is 34.8. The van der Waals surface area contributed by atoms with Crippen LogP contribution in [0.25, 0.3) is 95.6 Å². The minimum Gasteiger partial charge on any atom is -0.308 e. The van der Waals surface area contributed by atoms with Crippen LogP contribution in [-0.4, -0.2) is 0 Å². The molecule has 0 N–H and O–H groups in total. The summed E-state index contributed by atoms with van der Waals surface area (Å²) in [6.07, 6.45) is 0. The first-order valence-electron chi connectivity index (χ1n) is 20.7. The van der Waals surface area contributed by atoms with E-state index in [9.17, 15) is 0 Å². The molecule has 10 aromatic carbocycles. The predicted octanol–water partition coefficient (Wildman–Crippen LogP) is 17.7. The molecule has 0 saturated heterocycles. The first kappa shape index (κ1) is 35.6. The van der Waals surface area contributed by atoms with Gasteiger partial charge in [0.05, 0.1) is 10.4 Å². The minimum atomic E-state index is 1.11. The summed E-state index contributed by atoms with van der Waals surface area (Å²) in [6.45, 7) is 0. The van der Waals surface area contributed by atoms with Gasteiger partial charge >= 0.3 is 0 Å². The molecule has 0 aliphatic carbocycles. The minimum absolute atomic E-state index is 1.11. The Morgan fingerprint density at radius 1 is 0.295 bits per heavy atom. The molecule has 0 spiro atoms. The van der Waals surface area contributed by atoms with E-state index >= 15 is 0 Å². The summed E-state index contributed by atoms with van der Waals surface area (Å²) in [6, 6.07) is 82.4. The summed E-state index contributed by atoms with van der Waals surface area (Å²) < 4.78 is 5.20. The average Bonchev–Trinajstić information content (AvgIpc) is 3.91. The fourth-order valence-corrected chi connectivity index (χ4v) is 11.5. The van der Waals surface area contributed by atoms with E-state index < -0.39 is 0 Å². The lowest BCUT2D eigenvalue weighted by atomic mass is 9.97. The van der Waals surface area contributed by atoms with Crippen LogP contribution in [0, 0.1) is 0 Å². The van der Waals surface area contributed by atoms with Gasteiger partial charge in [-0.2, -0.15) is 0 Å². The molecule has 61 heavy (non-hydrogen) atoms. The molecule has 286 valence electrons. The van der Waals surface area contributed by atoms with E-state index in [0.29, 0.717) is 0 Å². The van der Waals surface area contributed by atoms with Gasteiger partial charge in [-0.3, -0.25) is 0 Å². The number of rotatable bonds is 7. The average molecular weight is 812 g/mol. The molecule has 0 aliphatic rings. The van der Waals surface area contributed by atoms with Gasteiger partial charge in [-0.1, -0.05) is 176 Å². The molecule has 0 amide bonds. The summed E-state index contributed by atoms with van der Waals surface area (Å²) in [5.41, 5.74) is 13.1. The molecular weight excluding hydrogens is 775 g/mol. The summed E-state index contributed by atoms with van der Waals surface area (Å²) in [7, 11) is 0. The monoisotopic (exact) mass is 811 g/mol. The number of hydrogen-bond acceptors (Lipinski definition) is 3. The SMILES string of the molecule is c1ccc(-c2ccc3c(sc4ccccc43)c2N(c2ccc(-c3ccc(-c4ccc5ccccc5c4)cc3)cc2)c2ccc(-c3cccc4sc5ccccc5c34)cc2)cc1. The fourth-order valence-electron chi connectivity index (χ4n) is 9.09. The first-order valence-corrected chi connectivity index (χ1v) is 22.4. The van der Waals surface area contributed by atoms with Crippen molar-refractivity contribution in [1.29, 1.82) is 0 Å². The van der Waals surface area contributed by atoms with E-state index in [1.165, 1.54) is 101 Å². The van der Waals surface area contributed by atoms with Crippen LogP contribution >= 0.6 is 22.7 Å². The van der Waals surface area contributed by atoms with Crippen LogP contribution in [0.15, 0.2) is 224 Å². The van der Waals surface area contributed by atoms with Crippen molar-refractivity contribution >= 4 is 90.9 Å². The normalized spacial score (nSPS) is 11.6. The number of fused-ring (bicyclic) bond motifs is 7. The van der Waals surface area contributed by atoms with Gasteiger partial charge in [-0.05, 0) is 98.2 Å². The number of nitrogens with zero attached hydrogens (tertiary/aromatic N) is 1. The fraction of sp³-hybridized carbons (Fsp3) is 0. The smallest absolute Gasteiger partial charge is 0.0718 e. The van der Waals surface area contributed by atoms with Crippen molar-refractivity contribution in [3.8, 4) is 44.5 Å². The summed E-state index contributed by atoms with van der Waals surface area (Å²) in [4.78, 5) is 2.48. The molecule has 2 aromatic heterocycles. The molecule has 2 heterocycles. The topological polar surface area (TPSA) is 3.24 Å². The highest BCUT2D eigenvalue weighted by atomic mass is 32.1. The van der Waals surface area contributed by atoms with Crippen LogP contribution in [0.2, 0.25) is 0 Å². The maximum Gasteiger partial charge on any atom is 0.0718 e. The van der Waals surface area contributed by atoms with Gasteiger partial charge in [0.1, 0.15) is 0 Å². The van der Waals surface area contributed by atoms with Gasteiger partial charge in [0.2, 0.25) is 0 Å². The Labute approximate surface area is 362 Å². The van der Waals surface area contributed by atoms with Crippen molar-refractivity contribution in [2.45, 2.75) is 0 Å². The standard InChI is InChI=1S/C58H37NS2/c1-2-12-42(13-3-1)49-35-36-51-50-15-6-8-18-53(50)61-58(51)57(49)59(47-33-29-43(30-34-47)48-17-10-20-55-56(48)52-16-7-9-19-54(52)60-55)46-31-27-40(28-32-46)39-21-23-41(24-22-39)45-26-25-38-11-4-5-14-44(38)37-45/h1-37H. The lowest BCUT2D eigenvalue weighted by Gasteiger charge is -2.29. The molecule has 0 saturated carbocycles. The summed E-state index contributed by atoms with van der Waals surface area (Å²) in [5, 5.41) is 7.73. The van der Waals surface area contributed by atoms with Crippen molar-refractivity contribution in [3.63, 3.8) is 0 Å². The second-order valence-electron chi connectivity index (χ2n) is 15.6. The van der Waals surface area contributed by atoms with Crippen LogP contribution in [0.5, 0.6) is 0 Å². The van der Waals surface area contributed by atoms with Gasteiger partial charge in [-0.15, -0.1) is 22.7 Å². The highest BCUT2D eigenvalue weighted by Gasteiger charge is 2.23. The molecule has 12 aromatic rings. The Morgan fingerprint density at radius 2 is 0.836 bits per heavy atom. The third-order valence-corrected chi connectivity index (χ3v) is 14.4. The molecule has 0 aliphatic heterocycles. The quantitative estimate of drug-likeness (QED) is 0.155. The van der Waals surface area contributed by atoms with Gasteiger partial charge < -0.3 is 4.90 Å². The highest BCUT2D eigenvalue weighted by Crippen LogP contribution is 2.50. The maximum atomic E-state index is 2.48. The third kappa shape index (κ3) is 6.21. The van der Waals surface area contributed by atoms with Crippen molar-refractivity contribution in [2.75, 3.05) is 4.90 Å². The van der Waals surface area contributed by atoms with E-state index in [2.05, 4.69) is 229 Å². The zero-order chi connectivity index (χ0) is 40.3. The highest BCUT2D eigenvalue weighted by molar-refractivity contribution is 7.26. The van der Waals surface area contributed by atoms with Crippen LogP contribution in [0.3, 0.4) is 0 Å². The Bertz CT molecular complexity index is 3560. The zero-order valence-electron chi connectivity index (χ0n) is 33.1. The number of anilines is 3. The number of hydrogen-bond donors (Lipinski definition) is 0. The molecule has 0 radical (unpaired) electrons. The maximum absolute atomic E-state index is 2.48. The van der Waals surface area contributed by atoms with Gasteiger partial charge in [0, 0.05) is 52.6 Å². The summed E-state index contributed by atoms with van der Waals surface area (Å²) >= 11 is 3.75. The lowest BCUT2D eigenvalue weighted by Crippen LogP contribution is -2.11. The van der Waals surface area contributed by atoms with Crippen molar-refractivity contribution in [1.82, 2.24) is 0 Å². The largest absolute Gasteiger partial charge is 0.308 e. The molecule has 0 unspecified atom stereocenters. The summed E-state index contributed by atoms with van der Waals surface area (Å²) in [5.74, 6) is 0. The molecular formula is C58H37NS2. The predicted molar refractivity (Wildman–Crippen MR) is 266 cm³/mol. The molecule has 3 heteroatoms. The van der Waals surface area contributed by atoms with Crippen LogP contribution in [0.4, 0.5) is 17.1 Å². The van der Waals surface area contributed by atoms with Crippen molar-refractivity contribution in [3.05, 3.63) is 224 Å². The number of benzene rings is 10. The van der Waals surface area contributed by atoms with Crippen LogP contribution in [0.1, 0.15) is 0 Å². The van der Waals surface area contributed by atoms with E-state index in [1.807, 2.05) is 22.7 Å². The first-order chi connectivity index (χ1) is 30.2. The van der Waals surface area contributed by atoms with E-state index in [-0.39, 0.29) is 0 Å². The van der Waals surface area contributed by atoms with Gasteiger partial charge in [0.15, 0.2) is 0 Å². The Balaban J connectivity index is 1.00. The van der Waals surface area contributed by atoms with E-state index in [4.69, 9.17) is 0 Å². The Hall–Kier alpha value is -7.30. The lowest BCUT2D eigenvalue weighted by molar-refractivity contribution is 1.30. The van der Waals surface area contributed by atoms with Crippen molar-refractivity contribution in [2.24, 2.45) is 0 Å². The van der Waals surface area contributed by atoms with Crippen LogP contribution < -0.4 is 4.90 Å². The Kier molecular flexibility index (Phi) is 8.62. The second kappa shape index (κ2) is 14.8. The second-order valence-corrected chi connectivity index (χ2v) is 17.8. The molecule has 0 atom stereocenters. The third-order valence-electron chi connectivity index (χ3n) is 12.1. The molecule has 0 bridgehead atoms. The van der Waals surface area contributed by atoms with E-state index in [0.717, 1.165) is 11.4 Å². The van der Waals surface area contributed by atoms with Gasteiger partial charge in [0.25, 0.3) is 0 Å². The Morgan fingerprint density at radius 3 is 1.57 bits per heavy atom. The van der Waals surface area contributed by atoms with Crippen molar-refractivity contribution < 1.29 is 0 Å².